The largest absolute Gasteiger partial charge is 0.494 e. The highest BCUT2D eigenvalue weighted by Gasteiger charge is 2.21. The fraction of sp³-hybridized carbons (Fsp3) is 0.581. The quantitative estimate of drug-likeness (QED) is 0.173. The summed E-state index contributed by atoms with van der Waals surface area (Å²) in [7, 11) is 1.53. The molecule has 1 heterocycles. The number of allylic oxidation sites excluding steroid dienone is 3. The normalized spacial score (nSPS) is 11.7. The second-order valence-corrected chi connectivity index (χ2v) is 10.1. The van der Waals surface area contributed by atoms with Crippen molar-refractivity contribution in [3.63, 3.8) is 0 Å². The number of benzene rings is 1. The molecule has 0 aliphatic carbocycles. The number of methoxy groups -OCH3 is 1. The van der Waals surface area contributed by atoms with Gasteiger partial charge in [-0.3, -0.25) is 4.79 Å². The van der Waals surface area contributed by atoms with Crippen LogP contribution in [0, 0.1) is 0 Å². The number of pyridine rings is 1. The van der Waals surface area contributed by atoms with Crippen molar-refractivity contribution < 1.29 is 14.2 Å². The third-order valence-corrected chi connectivity index (χ3v) is 6.33. The van der Waals surface area contributed by atoms with E-state index in [4.69, 9.17) is 14.2 Å². The van der Waals surface area contributed by atoms with Gasteiger partial charge >= 0.3 is 0 Å². The lowest BCUT2D eigenvalue weighted by Gasteiger charge is -2.20. The molecule has 1 aromatic carbocycles. The molecule has 0 saturated carbocycles. The molecule has 0 N–H and O–H groups in total. The number of ether oxygens (including phenoxy) is 3. The van der Waals surface area contributed by atoms with E-state index in [1.54, 1.807) is 4.57 Å². The molecular formula is C31H47NO4. The molecule has 2 aromatic rings. The Balaban J connectivity index is 2.26. The third-order valence-electron chi connectivity index (χ3n) is 6.33. The van der Waals surface area contributed by atoms with Crippen molar-refractivity contribution in [1.82, 2.24) is 4.57 Å². The van der Waals surface area contributed by atoms with Crippen LogP contribution in [0.3, 0.4) is 0 Å². The van der Waals surface area contributed by atoms with Gasteiger partial charge in [0.2, 0.25) is 5.75 Å². The highest BCUT2D eigenvalue weighted by molar-refractivity contribution is 5.89. The Morgan fingerprint density at radius 1 is 0.972 bits per heavy atom. The predicted octanol–water partition coefficient (Wildman–Crippen LogP) is 8.40. The average molecular weight is 498 g/mol. The minimum atomic E-state index is -0.188. The highest BCUT2D eigenvalue weighted by atomic mass is 16.5. The molecule has 0 unspecified atom stereocenters. The Kier molecular flexibility index (Phi) is 12.7. The van der Waals surface area contributed by atoms with Crippen molar-refractivity contribution >= 4 is 10.9 Å². The summed E-state index contributed by atoms with van der Waals surface area (Å²) in [6.45, 7) is 13.6. The van der Waals surface area contributed by atoms with E-state index in [1.807, 2.05) is 32.0 Å². The minimum Gasteiger partial charge on any atom is -0.494 e. The van der Waals surface area contributed by atoms with Crippen molar-refractivity contribution in [2.24, 2.45) is 0 Å². The summed E-state index contributed by atoms with van der Waals surface area (Å²) in [5.74, 6) is 1.51. The first-order valence-corrected chi connectivity index (χ1v) is 13.6. The van der Waals surface area contributed by atoms with E-state index in [1.165, 1.54) is 50.4 Å². The monoisotopic (exact) mass is 497 g/mol. The first-order valence-electron chi connectivity index (χ1n) is 13.6. The van der Waals surface area contributed by atoms with Crippen LogP contribution in [0.1, 0.15) is 99.0 Å². The summed E-state index contributed by atoms with van der Waals surface area (Å²) in [6.07, 6.45) is 13.7. The lowest BCUT2D eigenvalue weighted by atomic mass is 10.1. The van der Waals surface area contributed by atoms with Crippen molar-refractivity contribution in [3.05, 3.63) is 51.9 Å². The first-order chi connectivity index (χ1) is 17.3. The van der Waals surface area contributed by atoms with E-state index >= 15 is 0 Å². The van der Waals surface area contributed by atoms with E-state index < -0.39 is 0 Å². The van der Waals surface area contributed by atoms with Gasteiger partial charge in [-0.05, 0) is 72.1 Å². The Bertz CT molecular complexity index is 1070. The summed E-state index contributed by atoms with van der Waals surface area (Å²) < 4.78 is 19.5. The SMILES string of the molecule is CCCCCCCCOc1ccc2c(OC/C=C(\C)CCC=C(C)C)c(OC)c(=O)n(C(C)C)c2c1. The van der Waals surface area contributed by atoms with Gasteiger partial charge in [0.05, 0.1) is 19.2 Å². The van der Waals surface area contributed by atoms with Gasteiger partial charge in [0.25, 0.3) is 5.56 Å². The number of hydrogen-bond donors (Lipinski definition) is 0. The van der Waals surface area contributed by atoms with Crippen LogP contribution < -0.4 is 19.8 Å². The second-order valence-electron chi connectivity index (χ2n) is 10.1. The number of unbranched alkanes of at least 4 members (excludes halogenated alkanes) is 5. The molecule has 0 saturated heterocycles. The maximum absolute atomic E-state index is 13.4. The van der Waals surface area contributed by atoms with Gasteiger partial charge < -0.3 is 18.8 Å². The van der Waals surface area contributed by atoms with Crippen molar-refractivity contribution in [2.75, 3.05) is 20.3 Å². The minimum absolute atomic E-state index is 0.0333. The molecule has 0 spiro atoms. The summed E-state index contributed by atoms with van der Waals surface area (Å²) in [6, 6.07) is 5.86. The van der Waals surface area contributed by atoms with Gasteiger partial charge in [-0.15, -0.1) is 0 Å². The number of nitrogens with zero attached hydrogens (tertiary/aromatic N) is 1. The molecule has 0 atom stereocenters. The number of rotatable bonds is 16. The first kappa shape index (κ1) is 29.5. The Hall–Kier alpha value is -2.69. The molecule has 36 heavy (non-hydrogen) atoms. The van der Waals surface area contributed by atoms with Gasteiger partial charge in [0, 0.05) is 17.5 Å². The molecule has 5 nitrogen and oxygen atoms in total. The molecule has 2 rings (SSSR count). The topological polar surface area (TPSA) is 49.7 Å². The van der Waals surface area contributed by atoms with Crippen molar-refractivity contribution in [2.45, 2.75) is 99.0 Å². The Morgan fingerprint density at radius 2 is 1.69 bits per heavy atom. The van der Waals surface area contributed by atoms with Crippen molar-refractivity contribution in [3.8, 4) is 17.2 Å². The number of fused-ring (bicyclic) bond motifs is 1. The lowest BCUT2D eigenvalue weighted by molar-refractivity contribution is 0.304. The van der Waals surface area contributed by atoms with Crippen LogP contribution in [0.2, 0.25) is 0 Å². The molecular weight excluding hydrogens is 450 g/mol. The standard InChI is InChI=1S/C31H47NO4/c1-8-9-10-11-12-13-20-35-26-17-18-27-28(22-26)32(24(4)5)31(33)30(34-7)29(27)36-21-19-25(6)16-14-15-23(2)3/h15,17-19,22,24H,8-14,16,20-21H2,1-7H3/b25-19+. The maximum Gasteiger partial charge on any atom is 0.297 e. The van der Waals surface area contributed by atoms with Crippen LogP contribution in [0.4, 0.5) is 0 Å². The number of aromatic nitrogens is 1. The van der Waals surface area contributed by atoms with Crippen LogP contribution >= 0.6 is 0 Å². The molecule has 0 bridgehead atoms. The van der Waals surface area contributed by atoms with Gasteiger partial charge in [-0.25, -0.2) is 0 Å². The molecule has 0 aliphatic heterocycles. The lowest BCUT2D eigenvalue weighted by Crippen LogP contribution is -2.24. The zero-order valence-electron chi connectivity index (χ0n) is 23.6. The van der Waals surface area contributed by atoms with E-state index in [-0.39, 0.29) is 17.4 Å². The van der Waals surface area contributed by atoms with Crippen LogP contribution in [-0.4, -0.2) is 24.9 Å². The second kappa shape index (κ2) is 15.4. The molecule has 5 heteroatoms. The van der Waals surface area contributed by atoms with Crippen LogP contribution in [-0.2, 0) is 0 Å². The maximum atomic E-state index is 13.4. The Morgan fingerprint density at radius 3 is 2.36 bits per heavy atom. The van der Waals surface area contributed by atoms with Gasteiger partial charge in [0.1, 0.15) is 12.4 Å². The molecule has 0 aliphatic rings. The average Bonchev–Trinajstić information content (AvgIpc) is 2.82. The molecule has 1 aromatic heterocycles. The van der Waals surface area contributed by atoms with Crippen molar-refractivity contribution in [1.29, 1.82) is 0 Å². The van der Waals surface area contributed by atoms with Gasteiger partial charge in [0.15, 0.2) is 5.75 Å². The summed E-state index contributed by atoms with van der Waals surface area (Å²) in [5.41, 5.74) is 3.20. The van der Waals surface area contributed by atoms with Crippen LogP contribution in [0.15, 0.2) is 46.3 Å². The highest BCUT2D eigenvalue weighted by Crippen LogP contribution is 2.35. The Labute approximate surface area is 218 Å². The van der Waals surface area contributed by atoms with E-state index in [9.17, 15) is 4.79 Å². The molecule has 0 amide bonds. The number of hydrogen-bond acceptors (Lipinski definition) is 4. The molecule has 200 valence electrons. The summed E-state index contributed by atoms with van der Waals surface area (Å²) >= 11 is 0. The predicted molar refractivity (Wildman–Crippen MR) is 152 cm³/mol. The third kappa shape index (κ3) is 8.76. The fourth-order valence-corrected chi connectivity index (χ4v) is 4.30. The molecule has 0 radical (unpaired) electrons. The summed E-state index contributed by atoms with van der Waals surface area (Å²) in [5, 5.41) is 0.850. The zero-order chi connectivity index (χ0) is 26.5. The van der Waals surface area contributed by atoms with Gasteiger partial charge in [-0.2, -0.15) is 0 Å². The fourth-order valence-electron chi connectivity index (χ4n) is 4.30. The van der Waals surface area contributed by atoms with Crippen LogP contribution in [0.5, 0.6) is 17.2 Å². The van der Waals surface area contributed by atoms with Gasteiger partial charge in [-0.1, -0.05) is 56.3 Å². The smallest absolute Gasteiger partial charge is 0.297 e. The van der Waals surface area contributed by atoms with E-state index in [0.29, 0.717) is 19.0 Å². The van der Waals surface area contributed by atoms with E-state index in [0.717, 1.165) is 35.9 Å². The summed E-state index contributed by atoms with van der Waals surface area (Å²) in [4.78, 5) is 13.4. The molecule has 0 fully saturated rings. The van der Waals surface area contributed by atoms with E-state index in [2.05, 4.69) is 39.8 Å². The zero-order valence-corrected chi connectivity index (χ0v) is 23.6. The van der Waals surface area contributed by atoms with Crippen LogP contribution in [0.25, 0.3) is 10.9 Å².